The molecule has 2 rings (SSSR count). The van der Waals surface area contributed by atoms with Crippen molar-refractivity contribution < 1.29 is 4.74 Å². The summed E-state index contributed by atoms with van der Waals surface area (Å²) >= 11 is 0. The Kier molecular flexibility index (Phi) is 5.71. The van der Waals surface area contributed by atoms with Crippen LogP contribution in [0.3, 0.4) is 0 Å². The van der Waals surface area contributed by atoms with Gasteiger partial charge in [-0.25, -0.2) is 0 Å². The lowest BCUT2D eigenvalue weighted by atomic mass is 9.96. The summed E-state index contributed by atoms with van der Waals surface area (Å²) in [5.74, 6) is 0. The minimum atomic E-state index is -0.0213. The minimum absolute atomic E-state index is 0.0213. The van der Waals surface area contributed by atoms with Gasteiger partial charge in [0.05, 0.1) is 6.04 Å². The van der Waals surface area contributed by atoms with Gasteiger partial charge in [0.1, 0.15) is 6.10 Å². The van der Waals surface area contributed by atoms with Gasteiger partial charge in [0.15, 0.2) is 0 Å². The van der Waals surface area contributed by atoms with Crippen LogP contribution in [-0.4, -0.2) is 18.6 Å². The molecule has 0 bridgehead atoms. The largest absolute Gasteiger partial charge is 0.375 e. The molecule has 0 aliphatic carbocycles. The second-order valence-electron chi connectivity index (χ2n) is 4.79. The smallest absolute Gasteiger partial charge is 0.102 e. The van der Waals surface area contributed by atoms with E-state index in [1.807, 2.05) is 30.5 Å². The first-order valence-corrected chi connectivity index (χ1v) is 7.08. The Morgan fingerprint density at radius 2 is 1.85 bits per heavy atom. The van der Waals surface area contributed by atoms with Gasteiger partial charge in [0, 0.05) is 19.5 Å². The minimum Gasteiger partial charge on any atom is -0.375 e. The van der Waals surface area contributed by atoms with Gasteiger partial charge in [-0.15, -0.1) is 0 Å². The van der Waals surface area contributed by atoms with E-state index in [1.165, 1.54) is 5.56 Å². The third-order valence-corrected chi connectivity index (χ3v) is 3.34. The fourth-order valence-electron chi connectivity index (χ4n) is 2.37. The highest BCUT2D eigenvalue weighted by molar-refractivity contribution is 5.24. The topological polar surface area (TPSA) is 34.2 Å². The maximum atomic E-state index is 5.76. The zero-order chi connectivity index (χ0) is 14.2. The van der Waals surface area contributed by atoms with Crippen molar-refractivity contribution in [3.8, 4) is 0 Å². The van der Waals surface area contributed by atoms with Gasteiger partial charge < -0.3 is 10.1 Å². The van der Waals surface area contributed by atoms with Crippen molar-refractivity contribution in [1.82, 2.24) is 10.3 Å². The van der Waals surface area contributed by atoms with Crippen LogP contribution < -0.4 is 5.32 Å². The van der Waals surface area contributed by atoms with Crippen molar-refractivity contribution in [3.05, 3.63) is 66.0 Å². The zero-order valence-electron chi connectivity index (χ0n) is 12.1. The number of ether oxygens (including phenoxy) is 1. The summed E-state index contributed by atoms with van der Waals surface area (Å²) in [5, 5.41) is 3.57. The first-order chi connectivity index (χ1) is 9.86. The van der Waals surface area contributed by atoms with Gasteiger partial charge in [-0.2, -0.15) is 0 Å². The van der Waals surface area contributed by atoms with Crippen molar-refractivity contribution in [2.24, 2.45) is 0 Å². The van der Waals surface area contributed by atoms with Gasteiger partial charge in [0.25, 0.3) is 0 Å². The van der Waals surface area contributed by atoms with Crippen LogP contribution in [0.4, 0.5) is 0 Å². The summed E-state index contributed by atoms with van der Waals surface area (Å²) in [6.45, 7) is 3.11. The number of methoxy groups -OCH3 is 1. The van der Waals surface area contributed by atoms with E-state index in [1.54, 1.807) is 13.3 Å². The molecule has 1 heterocycles. The Hall–Kier alpha value is -1.71. The van der Waals surface area contributed by atoms with E-state index in [9.17, 15) is 0 Å². The third kappa shape index (κ3) is 3.65. The van der Waals surface area contributed by atoms with E-state index in [0.29, 0.717) is 0 Å². The normalized spacial score (nSPS) is 13.9. The highest BCUT2D eigenvalue weighted by Crippen LogP contribution is 2.31. The molecule has 1 aromatic carbocycles. The summed E-state index contributed by atoms with van der Waals surface area (Å²) in [4.78, 5) is 4.23. The Labute approximate surface area is 121 Å². The number of nitrogens with one attached hydrogen (secondary N) is 1. The molecular weight excluding hydrogens is 248 g/mol. The van der Waals surface area contributed by atoms with Crippen LogP contribution in [0.15, 0.2) is 54.9 Å². The summed E-state index contributed by atoms with van der Waals surface area (Å²) in [5.41, 5.74) is 2.32. The average Bonchev–Trinajstić information content (AvgIpc) is 2.53. The quantitative estimate of drug-likeness (QED) is 0.836. The first kappa shape index (κ1) is 14.7. The van der Waals surface area contributed by atoms with E-state index in [-0.39, 0.29) is 12.1 Å². The van der Waals surface area contributed by atoms with Crippen molar-refractivity contribution >= 4 is 0 Å². The highest BCUT2D eigenvalue weighted by atomic mass is 16.5. The molecule has 3 heteroatoms. The predicted octanol–water partition coefficient (Wildman–Crippen LogP) is 3.51. The lowest BCUT2D eigenvalue weighted by Gasteiger charge is -2.27. The molecule has 0 fully saturated rings. The Morgan fingerprint density at radius 3 is 2.45 bits per heavy atom. The fourth-order valence-corrected chi connectivity index (χ4v) is 2.37. The molecule has 2 aromatic rings. The Morgan fingerprint density at radius 1 is 1.10 bits per heavy atom. The van der Waals surface area contributed by atoms with Crippen LogP contribution in [0, 0.1) is 0 Å². The van der Waals surface area contributed by atoms with Crippen LogP contribution >= 0.6 is 0 Å². The maximum Gasteiger partial charge on any atom is 0.102 e. The number of rotatable bonds is 7. The van der Waals surface area contributed by atoms with Gasteiger partial charge >= 0.3 is 0 Å². The lowest BCUT2D eigenvalue weighted by molar-refractivity contribution is 0.0675. The number of nitrogens with zero attached hydrogens (tertiary/aromatic N) is 1. The van der Waals surface area contributed by atoms with Crippen LogP contribution in [-0.2, 0) is 4.74 Å². The number of aromatic nitrogens is 1. The summed E-state index contributed by atoms with van der Waals surface area (Å²) in [6, 6.07) is 14.5. The SMILES string of the molecule is CCCNC(c1cccnc1)C(OC)c1ccccc1. The Balaban J connectivity index is 2.29. The molecule has 0 amide bonds. The highest BCUT2D eigenvalue weighted by Gasteiger charge is 2.24. The molecule has 2 atom stereocenters. The maximum absolute atomic E-state index is 5.76. The van der Waals surface area contributed by atoms with Gasteiger partial charge in [-0.05, 0) is 30.2 Å². The van der Waals surface area contributed by atoms with Crippen LogP contribution in [0.25, 0.3) is 0 Å². The summed E-state index contributed by atoms with van der Waals surface area (Å²) in [6.07, 6.45) is 4.77. The van der Waals surface area contributed by atoms with E-state index in [2.05, 4.69) is 35.4 Å². The molecule has 0 spiro atoms. The molecule has 3 nitrogen and oxygen atoms in total. The monoisotopic (exact) mass is 270 g/mol. The van der Waals surface area contributed by atoms with Gasteiger partial charge in [-0.3, -0.25) is 4.98 Å². The number of benzene rings is 1. The van der Waals surface area contributed by atoms with Gasteiger partial charge in [-0.1, -0.05) is 43.3 Å². The van der Waals surface area contributed by atoms with E-state index >= 15 is 0 Å². The molecule has 106 valence electrons. The molecular formula is C17H22N2O. The van der Waals surface area contributed by atoms with Crippen LogP contribution in [0.2, 0.25) is 0 Å². The van der Waals surface area contributed by atoms with E-state index in [4.69, 9.17) is 4.74 Å². The van der Waals surface area contributed by atoms with Crippen LogP contribution in [0.5, 0.6) is 0 Å². The summed E-state index contributed by atoms with van der Waals surface area (Å²) in [7, 11) is 1.76. The molecule has 0 aliphatic rings. The van der Waals surface area contributed by atoms with Crippen molar-refractivity contribution in [2.75, 3.05) is 13.7 Å². The molecule has 0 aliphatic heterocycles. The third-order valence-electron chi connectivity index (χ3n) is 3.34. The molecule has 1 N–H and O–H groups in total. The predicted molar refractivity (Wildman–Crippen MR) is 81.5 cm³/mol. The van der Waals surface area contributed by atoms with E-state index in [0.717, 1.165) is 18.5 Å². The second-order valence-corrected chi connectivity index (χ2v) is 4.79. The summed E-state index contributed by atoms with van der Waals surface area (Å²) < 4.78 is 5.76. The number of hydrogen-bond donors (Lipinski definition) is 1. The Bertz CT molecular complexity index is 487. The van der Waals surface area contributed by atoms with Crippen molar-refractivity contribution in [1.29, 1.82) is 0 Å². The van der Waals surface area contributed by atoms with Crippen molar-refractivity contribution in [2.45, 2.75) is 25.5 Å². The lowest BCUT2D eigenvalue weighted by Crippen LogP contribution is -2.29. The van der Waals surface area contributed by atoms with E-state index < -0.39 is 0 Å². The molecule has 1 aromatic heterocycles. The molecule has 0 saturated carbocycles. The average molecular weight is 270 g/mol. The number of pyridine rings is 1. The zero-order valence-corrected chi connectivity index (χ0v) is 12.1. The fraction of sp³-hybridized carbons (Fsp3) is 0.353. The number of hydrogen-bond acceptors (Lipinski definition) is 3. The van der Waals surface area contributed by atoms with Crippen molar-refractivity contribution in [3.63, 3.8) is 0 Å². The standard InChI is InChI=1S/C17H22N2O/c1-3-11-19-16(15-10-7-12-18-13-15)17(20-2)14-8-5-4-6-9-14/h4-10,12-13,16-17,19H,3,11H2,1-2H3. The van der Waals surface area contributed by atoms with Gasteiger partial charge in [0.2, 0.25) is 0 Å². The second kappa shape index (κ2) is 7.78. The molecule has 0 saturated heterocycles. The molecule has 2 unspecified atom stereocenters. The van der Waals surface area contributed by atoms with Crippen LogP contribution in [0.1, 0.15) is 36.6 Å². The molecule has 0 radical (unpaired) electrons. The molecule has 20 heavy (non-hydrogen) atoms. The first-order valence-electron chi connectivity index (χ1n) is 7.08.